The molecule has 3 aromatic rings. The van der Waals surface area contributed by atoms with Gasteiger partial charge in [-0.15, -0.1) is 0 Å². The molecule has 12 atom stereocenters. The summed E-state index contributed by atoms with van der Waals surface area (Å²) in [6.45, 7) is 24.3. The zero-order chi connectivity index (χ0) is 41.6. The van der Waals surface area contributed by atoms with Crippen LogP contribution in [0.4, 0.5) is 0 Å². The van der Waals surface area contributed by atoms with Gasteiger partial charge in [-0.05, 0) is 116 Å². The molecule has 4 aliphatic carbocycles. The fraction of sp³-hybridized carbons (Fsp3) is 0.688. The van der Waals surface area contributed by atoms with Crippen molar-refractivity contribution in [2.45, 2.75) is 125 Å². The summed E-state index contributed by atoms with van der Waals surface area (Å²) < 4.78 is 16.2. The topological polar surface area (TPSA) is 138 Å². The molecule has 4 heterocycles. The highest BCUT2D eigenvalue weighted by molar-refractivity contribution is 5.73. The second kappa shape index (κ2) is 14.3. The van der Waals surface area contributed by atoms with E-state index in [9.17, 15) is 9.90 Å². The number of nitrogens with zero attached hydrogens (tertiary/aromatic N) is 5. The van der Waals surface area contributed by atoms with Gasteiger partial charge in [-0.25, -0.2) is 9.67 Å². The minimum atomic E-state index is -0.631. The van der Waals surface area contributed by atoms with E-state index < -0.39 is 17.4 Å². The predicted octanol–water partition coefficient (Wildman–Crippen LogP) is 9.29. The van der Waals surface area contributed by atoms with Crippen LogP contribution in [0, 0.1) is 62.6 Å². The van der Waals surface area contributed by atoms with Gasteiger partial charge in [0.15, 0.2) is 5.82 Å². The van der Waals surface area contributed by atoms with E-state index in [1.54, 1.807) is 18.7 Å². The zero-order valence-electron chi connectivity index (χ0n) is 36.7. The summed E-state index contributed by atoms with van der Waals surface area (Å²) in [6.07, 6.45) is 15.0. The highest BCUT2D eigenvalue weighted by Crippen LogP contribution is 2.75. The van der Waals surface area contributed by atoms with E-state index in [4.69, 9.17) is 30.3 Å². The van der Waals surface area contributed by atoms with Crippen molar-refractivity contribution in [1.29, 1.82) is 0 Å². The quantitative estimate of drug-likeness (QED) is 0.192. The molecule has 0 amide bonds. The Morgan fingerprint density at radius 2 is 1.72 bits per heavy atom. The van der Waals surface area contributed by atoms with Gasteiger partial charge in [0, 0.05) is 46.1 Å². The Morgan fingerprint density at radius 3 is 2.41 bits per heavy atom. The van der Waals surface area contributed by atoms with Crippen LogP contribution >= 0.6 is 0 Å². The molecular formula is C48H68N6O4. The maximum Gasteiger partial charge on any atom is 0.307 e. The third kappa shape index (κ3) is 6.00. The van der Waals surface area contributed by atoms with Crippen LogP contribution < -0.4 is 5.73 Å². The third-order valence-corrected chi connectivity index (χ3v) is 17.9. The Morgan fingerprint density at radius 1 is 1.00 bits per heavy atom. The standard InChI is InChI=1S/C48H68N6O4/c1-29(2)31(5)43(6)18-19-45(8)34-11-12-38-44(7)25-57-27-48(38,35(34)13-17-46(45,9)39(43)42(55)56)24-37(40(44)58-26-47(10,49)30(3)4)54-41(52-28-53-54)33-16-22-51-36(23-33)32-14-20-50-21-15-32/h13-16,20-23,28-31,34,37-40H,11-12,17-19,24-27,49H2,1-10H3,(H,55,56)/t31-,34+,37-,38+,39-,40+,43-,44-,45-,46+,47+,48+/m1/s1. The van der Waals surface area contributed by atoms with Crippen molar-refractivity contribution in [2.75, 3.05) is 19.8 Å². The fourth-order valence-corrected chi connectivity index (χ4v) is 13.5. The lowest BCUT2D eigenvalue weighted by Crippen LogP contribution is -2.69. The fourth-order valence-electron chi connectivity index (χ4n) is 13.5. The van der Waals surface area contributed by atoms with E-state index in [-0.39, 0.29) is 51.1 Å². The number of carbonyl (C=O) groups is 1. The maximum absolute atomic E-state index is 13.7. The van der Waals surface area contributed by atoms with E-state index in [1.807, 2.05) is 24.4 Å². The van der Waals surface area contributed by atoms with Crippen LogP contribution in [0.1, 0.15) is 114 Å². The lowest BCUT2D eigenvalue weighted by atomic mass is 9.34. The number of aliphatic carboxylic acids is 1. The summed E-state index contributed by atoms with van der Waals surface area (Å²) in [4.78, 5) is 27.5. The third-order valence-electron chi connectivity index (χ3n) is 17.9. The first-order valence-corrected chi connectivity index (χ1v) is 22.0. The molecule has 1 saturated heterocycles. The SMILES string of the molecule is CC(C)[C@@H](C)[C@@]1(C)CC[C@]2(C)[C@H]3CC[C@@H]4[C@@]5(COC[C@@]4(C)[C@@H](OC[C@](C)(N)C(C)C)[C@H](n4ncnc4-c4ccnc(-c6ccncc6)c4)C5)C3=CC[C@@]2(C)[C@@H]1C(=O)O. The Labute approximate surface area is 346 Å². The Bertz CT molecular complexity index is 2050. The Balaban J connectivity index is 1.25. The highest BCUT2D eigenvalue weighted by atomic mass is 16.5. The van der Waals surface area contributed by atoms with E-state index in [0.717, 1.165) is 61.2 Å². The summed E-state index contributed by atoms with van der Waals surface area (Å²) in [5.74, 6) is 1.23. The van der Waals surface area contributed by atoms with Crippen molar-refractivity contribution < 1.29 is 19.4 Å². The number of carboxylic acids is 1. The number of hydrogen-bond acceptors (Lipinski definition) is 8. The Kier molecular flexibility index (Phi) is 10.2. The van der Waals surface area contributed by atoms with Gasteiger partial charge in [-0.2, -0.15) is 5.10 Å². The van der Waals surface area contributed by atoms with E-state index in [0.29, 0.717) is 37.6 Å². The molecule has 3 aromatic heterocycles. The normalized spacial score (nSPS) is 38.6. The zero-order valence-corrected chi connectivity index (χ0v) is 36.7. The number of hydrogen-bond donors (Lipinski definition) is 2. The number of ether oxygens (including phenoxy) is 2. The number of rotatable bonds is 10. The molecule has 0 spiro atoms. The van der Waals surface area contributed by atoms with Gasteiger partial charge in [0.2, 0.25) is 0 Å². The maximum atomic E-state index is 13.7. The summed E-state index contributed by atoms with van der Waals surface area (Å²) >= 11 is 0. The summed E-state index contributed by atoms with van der Waals surface area (Å²) in [5.41, 5.74) is 9.25. The van der Waals surface area contributed by atoms with Crippen molar-refractivity contribution >= 4 is 5.97 Å². The van der Waals surface area contributed by atoms with Gasteiger partial charge in [0.05, 0.1) is 43.6 Å². The van der Waals surface area contributed by atoms with E-state index in [2.05, 4.69) is 91.0 Å². The number of carboxylic acid groups (broad SMARTS) is 1. The first-order valence-electron chi connectivity index (χ1n) is 22.0. The minimum Gasteiger partial charge on any atom is -0.481 e. The smallest absolute Gasteiger partial charge is 0.307 e. The van der Waals surface area contributed by atoms with Crippen molar-refractivity contribution in [3.05, 3.63) is 60.8 Å². The van der Waals surface area contributed by atoms with E-state index in [1.165, 1.54) is 5.57 Å². The second-order valence-corrected chi connectivity index (χ2v) is 21.2. The molecule has 314 valence electrons. The molecule has 3 saturated carbocycles. The molecule has 1 aliphatic heterocycles. The lowest BCUT2D eigenvalue weighted by Gasteiger charge is -2.71. The molecule has 0 aromatic carbocycles. The van der Waals surface area contributed by atoms with Crippen molar-refractivity contribution in [3.63, 3.8) is 0 Å². The first-order chi connectivity index (χ1) is 27.3. The molecule has 2 bridgehead atoms. The highest BCUT2D eigenvalue weighted by Gasteiger charge is 2.72. The van der Waals surface area contributed by atoms with Crippen LogP contribution in [0.15, 0.2) is 60.8 Å². The molecule has 58 heavy (non-hydrogen) atoms. The first kappa shape index (κ1) is 41.3. The number of fused-ring (bicyclic) bond motifs is 3. The van der Waals surface area contributed by atoms with Crippen molar-refractivity contribution in [2.24, 2.45) is 68.3 Å². The predicted molar refractivity (Wildman–Crippen MR) is 226 cm³/mol. The molecule has 8 rings (SSSR count). The average molecular weight is 793 g/mol. The average Bonchev–Trinajstić information content (AvgIpc) is 3.68. The second-order valence-electron chi connectivity index (χ2n) is 21.2. The van der Waals surface area contributed by atoms with Gasteiger partial charge in [-0.3, -0.25) is 14.8 Å². The van der Waals surface area contributed by atoms with Crippen molar-refractivity contribution in [1.82, 2.24) is 24.7 Å². The molecule has 0 radical (unpaired) electrons. The van der Waals surface area contributed by atoms with Gasteiger partial charge >= 0.3 is 5.97 Å². The van der Waals surface area contributed by atoms with E-state index >= 15 is 0 Å². The van der Waals surface area contributed by atoms with Crippen LogP contribution in [-0.2, 0) is 14.3 Å². The number of nitrogens with two attached hydrogens (primary N) is 1. The summed E-state index contributed by atoms with van der Waals surface area (Å²) in [5, 5.41) is 16.3. The Hall–Kier alpha value is -3.47. The molecule has 5 aliphatic rings. The van der Waals surface area contributed by atoms with Crippen LogP contribution in [-0.4, -0.2) is 67.3 Å². The molecule has 3 N–H and O–H groups in total. The summed E-state index contributed by atoms with van der Waals surface area (Å²) in [7, 11) is 0. The van der Waals surface area contributed by atoms with Crippen LogP contribution in [0.25, 0.3) is 22.6 Å². The largest absolute Gasteiger partial charge is 0.481 e. The van der Waals surface area contributed by atoms with Crippen LogP contribution in [0.3, 0.4) is 0 Å². The monoisotopic (exact) mass is 793 g/mol. The molecular weight excluding hydrogens is 725 g/mol. The van der Waals surface area contributed by atoms with Gasteiger partial charge in [0.1, 0.15) is 6.33 Å². The van der Waals surface area contributed by atoms with Crippen LogP contribution in [0.5, 0.6) is 0 Å². The number of pyridine rings is 2. The van der Waals surface area contributed by atoms with Gasteiger partial charge in [-0.1, -0.05) is 74.0 Å². The molecule has 0 unspecified atom stereocenters. The lowest BCUT2D eigenvalue weighted by molar-refractivity contribution is -0.252. The van der Waals surface area contributed by atoms with Gasteiger partial charge in [0.25, 0.3) is 0 Å². The molecule has 10 nitrogen and oxygen atoms in total. The van der Waals surface area contributed by atoms with Gasteiger partial charge < -0.3 is 20.3 Å². The molecule has 10 heteroatoms. The van der Waals surface area contributed by atoms with Crippen molar-refractivity contribution in [3.8, 4) is 22.6 Å². The number of aromatic nitrogens is 5. The van der Waals surface area contributed by atoms with Crippen LogP contribution in [0.2, 0.25) is 0 Å². The summed E-state index contributed by atoms with van der Waals surface area (Å²) in [6, 6.07) is 7.90. The number of allylic oxidation sites excluding steroid dienone is 1. The molecule has 4 fully saturated rings. The minimum absolute atomic E-state index is 0.155.